The van der Waals surface area contributed by atoms with Gasteiger partial charge in [-0.3, -0.25) is 0 Å². The Morgan fingerprint density at radius 2 is 2.25 bits per heavy atom. The summed E-state index contributed by atoms with van der Waals surface area (Å²) in [4.78, 5) is 4.14. The molecule has 1 N–H and O–H groups in total. The lowest BCUT2D eigenvalue weighted by Crippen LogP contribution is -2.02. The van der Waals surface area contributed by atoms with Crippen LogP contribution in [0.5, 0.6) is 5.88 Å². The Kier molecular flexibility index (Phi) is 3.26. The molecule has 16 heavy (non-hydrogen) atoms. The van der Waals surface area contributed by atoms with Crippen molar-refractivity contribution in [3.8, 4) is 5.88 Å². The van der Waals surface area contributed by atoms with Gasteiger partial charge in [0.05, 0.1) is 23.5 Å². The highest BCUT2D eigenvalue weighted by Gasteiger charge is 2.18. The fourth-order valence-electron chi connectivity index (χ4n) is 1.33. The van der Waals surface area contributed by atoms with Gasteiger partial charge in [-0.15, -0.1) is 0 Å². The maximum absolute atomic E-state index is 10.0. The molecule has 0 spiro atoms. The minimum absolute atomic E-state index is 0.431. The molecule has 1 atom stereocenters. The second-order valence-corrected chi connectivity index (χ2v) is 3.99. The zero-order chi connectivity index (χ0) is 11.5. The normalized spacial score (nSPS) is 12.4. The average molecular weight is 284 g/mol. The number of aromatic nitrogens is 1. The molecular weight excluding hydrogens is 274 g/mol. The number of ether oxygens (including phenoxy) is 1. The highest BCUT2D eigenvalue weighted by Crippen LogP contribution is 2.28. The minimum Gasteiger partial charge on any atom is -0.481 e. The largest absolute Gasteiger partial charge is 0.481 e. The average Bonchev–Trinajstić information content (AvgIpc) is 2.74. The van der Waals surface area contributed by atoms with E-state index >= 15 is 0 Å². The lowest BCUT2D eigenvalue weighted by Gasteiger charge is -2.08. The molecule has 0 radical (unpaired) electrons. The van der Waals surface area contributed by atoms with E-state index in [2.05, 4.69) is 20.9 Å². The standard InChI is InChI=1S/C11H10BrNO3/c1-15-9-4-2-3-8(13-9)10(14)11-7(12)5-6-16-11/h2-6,10,14H,1H3. The van der Waals surface area contributed by atoms with E-state index in [1.165, 1.54) is 13.4 Å². The highest BCUT2D eigenvalue weighted by molar-refractivity contribution is 9.10. The molecule has 0 aliphatic rings. The highest BCUT2D eigenvalue weighted by atomic mass is 79.9. The van der Waals surface area contributed by atoms with E-state index in [1.807, 2.05) is 0 Å². The van der Waals surface area contributed by atoms with Gasteiger partial charge in [0.2, 0.25) is 5.88 Å². The van der Waals surface area contributed by atoms with Gasteiger partial charge in [0.1, 0.15) is 0 Å². The number of hydrogen-bond acceptors (Lipinski definition) is 4. The zero-order valence-electron chi connectivity index (χ0n) is 8.55. The Morgan fingerprint density at radius 1 is 1.44 bits per heavy atom. The first-order valence-corrected chi connectivity index (χ1v) is 5.43. The van der Waals surface area contributed by atoms with Crippen molar-refractivity contribution in [2.24, 2.45) is 0 Å². The first kappa shape index (κ1) is 11.2. The molecule has 0 saturated carbocycles. The topological polar surface area (TPSA) is 55.5 Å². The van der Waals surface area contributed by atoms with Crippen LogP contribution in [0, 0.1) is 0 Å². The molecule has 1 unspecified atom stereocenters. The Morgan fingerprint density at radius 3 is 2.88 bits per heavy atom. The Labute approximate surface area is 101 Å². The van der Waals surface area contributed by atoms with Crippen molar-refractivity contribution in [3.05, 3.63) is 46.5 Å². The summed E-state index contributed by atoms with van der Waals surface area (Å²) in [7, 11) is 1.53. The summed E-state index contributed by atoms with van der Waals surface area (Å²) in [5.74, 6) is 0.889. The number of methoxy groups -OCH3 is 1. The van der Waals surface area contributed by atoms with Crippen LogP contribution in [0.15, 0.2) is 39.4 Å². The molecule has 2 aromatic rings. The van der Waals surface area contributed by atoms with Gasteiger partial charge in [0, 0.05) is 6.07 Å². The Bertz CT molecular complexity index is 484. The second kappa shape index (κ2) is 4.67. The number of pyridine rings is 1. The first-order valence-electron chi connectivity index (χ1n) is 4.64. The zero-order valence-corrected chi connectivity index (χ0v) is 10.1. The molecule has 0 aliphatic heterocycles. The van der Waals surface area contributed by atoms with Crippen LogP contribution in [0.4, 0.5) is 0 Å². The van der Waals surface area contributed by atoms with Crippen LogP contribution in [-0.4, -0.2) is 17.2 Å². The molecule has 2 aromatic heterocycles. The maximum Gasteiger partial charge on any atom is 0.213 e. The van der Waals surface area contributed by atoms with Crippen LogP contribution in [0.25, 0.3) is 0 Å². The SMILES string of the molecule is COc1cccc(C(O)c2occc2Br)n1. The molecule has 0 fully saturated rings. The predicted octanol–water partition coefficient (Wildman–Crippen LogP) is 2.53. The molecule has 4 nitrogen and oxygen atoms in total. The van der Waals surface area contributed by atoms with E-state index in [1.54, 1.807) is 24.3 Å². The Hall–Kier alpha value is -1.33. The van der Waals surface area contributed by atoms with Crippen LogP contribution < -0.4 is 4.74 Å². The molecule has 84 valence electrons. The van der Waals surface area contributed by atoms with Crippen molar-refractivity contribution in [3.63, 3.8) is 0 Å². The summed E-state index contributed by atoms with van der Waals surface area (Å²) in [5, 5.41) is 10.0. The van der Waals surface area contributed by atoms with Crippen molar-refractivity contribution in [2.45, 2.75) is 6.10 Å². The van der Waals surface area contributed by atoms with Crippen molar-refractivity contribution in [2.75, 3.05) is 7.11 Å². The van der Waals surface area contributed by atoms with Gasteiger partial charge in [-0.05, 0) is 28.1 Å². The molecule has 5 heteroatoms. The summed E-state index contributed by atoms with van der Waals surface area (Å²) in [6.45, 7) is 0. The smallest absolute Gasteiger partial charge is 0.213 e. The summed E-state index contributed by atoms with van der Waals surface area (Å²) >= 11 is 3.29. The number of furan rings is 1. The molecule has 0 aromatic carbocycles. The number of aliphatic hydroxyl groups excluding tert-OH is 1. The number of nitrogens with zero attached hydrogens (tertiary/aromatic N) is 1. The number of aliphatic hydroxyl groups is 1. The molecule has 0 amide bonds. The van der Waals surface area contributed by atoms with Gasteiger partial charge in [0.15, 0.2) is 11.9 Å². The fraction of sp³-hybridized carbons (Fsp3) is 0.182. The van der Waals surface area contributed by atoms with Gasteiger partial charge in [0.25, 0.3) is 0 Å². The van der Waals surface area contributed by atoms with E-state index in [4.69, 9.17) is 9.15 Å². The molecule has 0 saturated heterocycles. The van der Waals surface area contributed by atoms with Crippen LogP contribution in [0.1, 0.15) is 17.6 Å². The van der Waals surface area contributed by atoms with E-state index in [-0.39, 0.29) is 0 Å². The van der Waals surface area contributed by atoms with Gasteiger partial charge in [-0.25, -0.2) is 4.98 Å². The monoisotopic (exact) mass is 283 g/mol. The second-order valence-electron chi connectivity index (χ2n) is 3.14. The first-order chi connectivity index (χ1) is 7.72. The van der Waals surface area contributed by atoms with Gasteiger partial charge in [-0.2, -0.15) is 0 Å². The maximum atomic E-state index is 10.0. The Balaban J connectivity index is 2.33. The minimum atomic E-state index is -0.903. The van der Waals surface area contributed by atoms with Gasteiger partial charge in [-0.1, -0.05) is 6.07 Å². The van der Waals surface area contributed by atoms with Crippen molar-refractivity contribution >= 4 is 15.9 Å². The van der Waals surface area contributed by atoms with E-state index < -0.39 is 6.10 Å². The van der Waals surface area contributed by atoms with Crippen LogP contribution >= 0.6 is 15.9 Å². The van der Waals surface area contributed by atoms with Crippen LogP contribution in [0.2, 0.25) is 0 Å². The molecular formula is C11H10BrNO3. The lowest BCUT2D eigenvalue weighted by atomic mass is 10.2. The summed E-state index contributed by atoms with van der Waals surface area (Å²) < 4.78 is 10.9. The van der Waals surface area contributed by atoms with E-state index in [0.29, 0.717) is 21.8 Å². The van der Waals surface area contributed by atoms with Crippen LogP contribution in [0.3, 0.4) is 0 Å². The van der Waals surface area contributed by atoms with Crippen LogP contribution in [-0.2, 0) is 0 Å². The van der Waals surface area contributed by atoms with E-state index in [0.717, 1.165) is 0 Å². The summed E-state index contributed by atoms with van der Waals surface area (Å²) in [6.07, 6.45) is 0.600. The number of rotatable bonds is 3. The van der Waals surface area contributed by atoms with Crippen molar-refractivity contribution in [1.29, 1.82) is 0 Å². The van der Waals surface area contributed by atoms with Gasteiger partial charge < -0.3 is 14.3 Å². The fourth-order valence-corrected chi connectivity index (χ4v) is 1.75. The third-order valence-electron chi connectivity index (χ3n) is 2.13. The van der Waals surface area contributed by atoms with Crippen molar-refractivity contribution in [1.82, 2.24) is 4.98 Å². The van der Waals surface area contributed by atoms with E-state index in [9.17, 15) is 5.11 Å². The molecule has 0 bridgehead atoms. The predicted molar refractivity (Wildman–Crippen MR) is 61.3 cm³/mol. The number of halogens is 1. The van der Waals surface area contributed by atoms with Crippen molar-refractivity contribution < 1.29 is 14.3 Å². The third kappa shape index (κ3) is 2.10. The molecule has 2 rings (SSSR count). The molecule has 2 heterocycles. The summed E-state index contributed by atoms with van der Waals surface area (Å²) in [5.41, 5.74) is 0.481. The van der Waals surface area contributed by atoms with Gasteiger partial charge >= 0.3 is 0 Å². The summed E-state index contributed by atoms with van der Waals surface area (Å²) in [6, 6.07) is 6.91. The third-order valence-corrected chi connectivity index (χ3v) is 2.78. The lowest BCUT2D eigenvalue weighted by molar-refractivity contribution is 0.182. The quantitative estimate of drug-likeness (QED) is 0.941. The molecule has 0 aliphatic carbocycles. The number of hydrogen-bond donors (Lipinski definition) is 1.